The molecule has 1 aromatic carbocycles. The molecule has 0 unspecified atom stereocenters. The van der Waals surface area contributed by atoms with Gasteiger partial charge in [-0.3, -0.25) is 9.59 Å². The third-order valence-electron chi connectivity index (χ3n) is 10.5. The molecule has 46 heavy (non-hydrogen) atoms. The molecule has 4 atom stereocenters. The van der Waals surface area contributed by atoms with Crippen molar-refractivity contribution in [1.29, 1.82) is 0 Å². The molecule has 6 rings (SSSR count). The Bertz CT molecular complexity index is 1670. The molecule has 1 aromatic rings. The van der Waals surface area contributed by atoms with Gasteiger partial charge in [0.2, 0.25) is 0 Å². The number of carbonyl (C=O) groups excluding carboxylic acids is 2. The number of rotatable bonds is 10. The van der Waals surface area contributed by atoms with Gasteiger partial charge in [0, 0.05) is 40.5 Å². The SMILES string of the molecule is CC(C)=CCC/C(C)=C/Cc1c(C)c(CC=C(C)C)c2c(c1O)C(=O)C1=C[C@@H]3C[C@H]4C(C)(C)O[C@@](C/C=C(\C)C(=O)O)(C3=O)[C@@]14O2. The monoisotopic (exact) mass is 628 g/mol. The molecule has 4 bridgehead atoms. The molecule has 5 aliphatic rings. The molecule has 2 fully saturated rings. The first kappa shape index (κ1) is 33.6. The summed E-state index contributed by atoms with van der Waals surface area (Å²) in [5, 5.41) is 21.5. The van der Waals surface area contributed by atoms with Gasteiger partial charge in [0.15, 0.2) is 22.8 Å². The summed E-state index contributed by atoms with van der Waals surface area (Å²) in [6.45, 7) is 17.6. The van der Waals surface area contributed by atoms with Crippen LogP contribution in [0.3, 0.4) is 0 Å². The minimum absolute atomic E-state index is 0.0382. The predicted octanol–water partition coefficient (Wildman–Crippen LogP) is 7.87. The second kappa shape index (κ2) is 11.8. The zero-order valence-electron chi connectivity index (χ0n) is 28.7. The smallest absolute Gasteiger partial charge is 0.330 e. The summed E-state index contributed by atoms with van der Waals surface area (Å²) < 4.78 is 13.8. The summed E-state index contributed by atoms with van der Waals surface area (Å²) in [7, 11) is 0. The molecule has 2 heterocycles. The number of benzene rings is 1. The molecule has 3 aliphatic carbocycles. The van der Waals surface area contributed by atoms with Crippen LogP contribution in [0, 0.1) is 18.8 Å². The molecule has 1 spiro atoms. The number of ether oxygens (including phenoxy) is 2. The molecule has 0 radical (unpaired) electrons. The van der Waals surface area contributed by atoms with Gasteiger partial charge in [-0.25, -0.2) is 4.79 Å². The number of Topliss-reactive ketones (excluding diaryl/α,β-unsaturated/α-hetero) is 2. The van der Waals surface area contributed by atoms with E-state index in [0.29, 0.717) is 36.1 Å². The Balaban J connectivity index is 1.71. The molecule has 0 aromatic heterocycles. The van der Waals surface area contributed by atoms with E-state index in [1.165, 1.54) is 24.1 Å². The number of carboxylic acids is 1. The van der Waals surface area contributed by atoms with Crippen LogP contribution in [0.15, 0.2) is 58.2 Å². The Morgan fingerprint density at radius 3 is 2.26 bits per heavy atom. The van der Waals surface area contributed by atoms with Crippen molar-refractivity contribution in [2.45, 2.75) is 118 Å². The van der Waals surface area contributed by atoms with Crippen molar-refractivity contribution in [2.24, 2.45) is 11.8 Å². The fourth-order valence-corrected chi connectivity index (χ4v) is 8.04. The second-order valence-electron chi connectivity index (χ2n) is 14.6. The second-order valence-corrected chi connectivity index (χ2v) is 14.6. The Morgan fingerprint density at radius 1 is 0.978 bits per heavy atom. The topological polar surface area (TPSA) is 110 Å². The maximum atomic E-state index is 14.8. The number of aliphatic carboxylic acids is 1. The highest BCUT2D eigenvalue weighted by Crippen LogP contribution is 2.68. The van der Waals surface area contributed by atoms with E-state index in [4.69, 9.17) is 9.47 Å². The Morgan fingerprint density at radius 2 is 1.63 bits per heavy atom. The van der Waals surface area contributed by atoms with Crippen LogP contribution < -0.4 is 4.74 Å². The predicted molar refractivity (Wildman–Crippen MR) is 178 cm³/mol. The number of phenols is 1. The van der Waals surface area contributed by atoms with Crippen molar-refractivity contribution in [2.75, 3.05) is 0 Å². The minimum Gasteiger partial charge on any atom is -0.507 e. The summed E-state index contributed by atoms with van der Waals surface area (Å²) in [5.41, 5.74) is 2.60. The minimum atomic E-state index is -1.58. The van der Waals surface area contributed by atoms with Gasteiger partial charge in [0.05, 0.1) is 5.60 Å². The maximum absolute atomic E-state index is 14.8. The largest absolute Gasteiger partial charge is 0.507 e. The van der Waals surface area contributed by atoms with E-state index in [-0.39, 0.29) is 40.8 Å². The van der Waals surface area contributed by atoms with Crippen LogP contribution in [0.1, 0.15) is 108 Å². The van der Waals surface area contributed by atoms with Crippen molar-refractivity contribution in [3.63, 3.8) is 0 Å². The van der Waals surface area contributed by atoms with E-state index < -0.39 is 28.7 Å². The van der Waals surface area contributed by atoms with Crippen LogP contribution >= 0.6 is 0 Å². The van der Waals surface area contributed by atoms with Crippen molar-refractivity contribution >= 4 is 17.5 Å². The first-order valence-corrected chi connectivity index (χ1v) is 16.4. The maximum Gasteiger partial charge on any atom is 0.330 e. The van der Waals surface area contributed by atoms with Crippen LogP contribution in [0.4, 0.5) is 0 Å². The molecule has 246 valence electrons. The van der Waals surface area contributed by atoms with E-state index in [9.17, 15) is 24.6 Å². The van der Waals surface area contributed by atoms with Crippen LogP contribution in [0.25, 0.3) is 0 Å². The molecule has 0 amide bonds. The molecule has 7 nitrogen and oxygen atoms in total. The number of aromatic hydroxyl groups is 1. The lowest BCUT2D eigenvalue weighted by molar-refractivity contribution is -0.171. The first-order chi connectivity index (χ1) is 21.5. The van der Waals surface area contributed by atoms with Gasteiger partial charge in [0.1, 0.15) is 17.1 Å². The molecule has 1 saturated carbocycles. The van der Waals surface area contributed by atoms with Crippen LogP contribution in [-0.4, -0.2) is 44.6 Å². The number of allylic oxidation sites excluding steroid dienone is 7. The first-order valence-electron chi connectivity index (χ1n) is 16.4. The molecule has 7 heteroatoms. The summed E-state index contributed by atoms with van der Waals surface area (Å²) in [6.07, 6.45) is 12.9. The van der Waals surface area contributed by atoms with Crippen LogP contribution in [-0.2, 0) is 27.2 Å². The summed E-state index contributed by atoms with van der Waals surface area (Å²) in [6, 6.07) is 0. The molecular weight excluding hydrogens is 580 g/mol. The van der Waals surface area contributed by atoms with Gasteiger partial charge in [0.25, 0.3) is 0 Å². The van der Waals surface area contributed by atoms with Crippen molar-refractivity contribution in [3.05, 3.63) is 80.5 Å². The van der Waals surface area contributed by atoms with Crippen molar-refractivity contribution in [1.82, 2.24) is 0 Å². The molecule has 2 N–H and O–H groups in total. The van der Waals surface area contributed by atoms with E-state index >= 15 is 0 Å². The molecule has 1 saturated heterocycles. The van der Waals surface area contributed by atoms with E-state index in [1.807, 2.05) is 34.6 Å². The zero-order chi connectivity index (χ0) is 33.9. The zero-order valence-corrected chi connectivity index (χ0v) is 28.7. The van der Waals surface area contributed by atoms with Gasteiger partial charge < -0.3 is 19.7 Å². The summed E-state index contributed by atoms with van der Waals surface area (Å²) in [5.74, 6) is -2.33. The number of fused-ring (bicyclic) bond motifs is 1. The third kappa shape index (κ3) is 5.11. The fourth-order valence-electron chi connectivity index (χ4n) is 8.04. The van der Waals surface area contributed by atoms with E-state index in [1.54, 1.807) is 6.08 Å². The van der Waals surface area contributed by atoms with E-state index in [0.717, 1.165) is 29.5 Å². The summed E-state index contributed by atoms with van der Waals surface area (Å²) >= 11 is 0. The van der Waals surface area contributed by atoms with E-state index in [2.05, 4.69) is 39.0 Å². The Kier molecular flexibility index (Phi) is 8.65. The molecular formula is C39H48O7. The average Bonchev–Trinajstić information content (AvgIpc) is 3.12. The lowest BCUT2D eigenvalue weighted by Crippen LogP contribution is -2.72. The van der Waals surface area contributed by atoms with Gasteiger partial charge >= 0.3 is 5.97 Å². The number of phenolic OH excluding ortho intramolecular Hbond substituents is 1. The van der Waals surface area contributed by atoms with Crippen LogP contribution in [0.5, 0.6) is 11.5 Å². The van der Waals surface area contributed by atoms with Gasteiger partial charge in [-0.1, -0.05) is 47.1 Å². The number of hydrogen-bond donors (Lipinski definition) is 2. The Labute approximate surface area is 272 Å². The van der Waals surface area contributed by atoms with Gasteiger partial charge in [-0.15, -0.1) is 0 Å². The van der Waals surface area contributed by atoms with Crippen molar-refractivity contribution < 1.29 is 34.1 Å². The standard InChI is InChI=1S/C39H48O7/c1-21(2)11-10-12-23(5)14-16-27-25(7)28(15-13-22(3)4)34-31(32(27)40)33(41)29-19-26-20-30-37(8,9)46-38(35(26)42,39(29,30)45-34)18-17-24(6)36(43)44/h11,13-14,17,19,26,30,40H,10,12,15-16,18,20H2,1-9H3,(H,43,44)/b23-14+,24-17+/t26-,30+,38+,39-/m1/s1. The number of carboxylic acid groups (broad SMARTS) is 1. The summed E-state index contributed by atoms with van der Waals surface area (Å²) in [4.78, 5) is 40.8. The molecule has 2 aliphatic heterocycles. The van der Waals surface area contributed by atoms with Crippen molar-refractivity contribution in [3.8, 4) is 11.5 Å². The third-order valence-corrected chi connectivity index (χ3v) is 10.5. The lowest BCUT2D eigenvalue weighted by Gasteiger charge is -2.56. The fraction of sp³-hybridized carbons (Fsp3) is 0.513. The number of hydrogen-bond acceptors (Lipinski definition) is 6. The average molecular weight is 629 g/mol. The normalized spacial score (nSPS) is 27.5. The van der Waals surface area contributed by atoms with Gasteiger partial charge in [-0.05, 0) is 100.0 Å². The highest BCUT2D eigenvalue weighted by molar-refractivity contribution is 6.18. The van der Waals surface area contributed by atoms with Crippen LogP contribution in [0.2, 0.25) is 0 Å². The number of carbonyl (C=O) groups is 3. The highest BCUT2D eigenvalue weighted by atomic mass is 16.6. The lowest BCUT2D eigenvalue weighted by atomic mass is 9.51. The quantitative estimate of drug-likeness (QED) is 0.200. The Hall–Kier alpha value is -3.71. The highest BCUT2D eigenvalue weighted by Gasteiger charge is 2.81. The number of ketones is 2. The van der Waals surface area contributed by atoms with Gasteiger partial charge in [-0.2, -0.15) is 0 Å².